The maximum absolute atomic E-state index is 11.7. The molecule has 2 rings (SSSR count). The summed E-state index contributed by atoms with van der Waals surface area (Å²) in [5, 5.41) is 0. The highest BCUT2D eigenvalue weighted by Crippen LogP contribution is 2.25. The molecule has 106 valence electrons. The minimum Gasteiger partial charge on any atom is -0.493 e. The van der Waals surface area contributed by atoms with Gasteiger partial charge in [0, 0.05) is 6.54 Å². The number of benzene rings is 1. The number of hydrogen-bond acceptors (Lipinski definition) is 3. The van der Waals surface area contributed by atoms with Crippen LogP contribution in [-0.2, 0) is 23.0 Å². The van der Waals surface area contributed by atoms with Crippen molar-refractivity contribution in [1.82, 2.24) is 4.72 Å². The van der Waals surface area contributed by atoms with Crippen LogP contribution in [0.1, 0.15) is 37.3 Å². The fraction of sp³-hybridized carbons (Fsp3) is 0.571. The second kappa shape index (κ2) is 6.39. The number of rotatable bonds is 6. The van der Waals surface area contributed by atoms with Gasteiger partial charge in [-0.15, -0.1) is 0 Å². The van der Waals surface area contributed by atoms with Crippen molar-refractivity contribution in [3.8, 4) is 5.75 Å². The Morgan fingerprint density at radius 3 is 3.00 bits per heavy atom. The molecule has 1 aromatic carbocycles. The van der Waals surface area contributed by atoms with Gasteiger partial charge in [0.25, 0.3) is 0 Å². The molecule has 0 bridgehead atoms. The standard InChI is InChI=1S/C14H21NO3S/c1-2-3-9-19(16,17)15-11-12-6-7-14-13(10-12)5-4-8-18-14/h6-7,10,15H,2-5,8-9,11H2,1H3. The van der Waals surface area contributed by atoms with Crippen molar-refractivity contribution in [3.63, 3.8) is 0 Å². The zero-order chi connectivity index (χ0) is 13.7. The van der Waals surface area contributed by atoms with Gasteiger partial charge < -0.3 is 4.74 Å². The van der Waals surface area contributed by atoms with Gasteiger partial charge >= 0.3 is 0 Å². The first-order valence-electron chi connectivity index (χ1n) is 6.82. The third-order valence-electron chi connectivity index (χ3n) is 3.24. The average molecular weight is 283 g/mol. The van der Waals surface area contributed by atoms with Crippen molar-refractivity contribution >= 4 is 10.0 Å². The molecule has 0 fully saturated rings. The van der Waals surface area contributed by atoms with Gasteiger partial charge in [-0.3, -0.25) is 0 Å². The Morgan fingerprint density at radius 1 is 1.37 bits per heavy atom. The molecule has 4 nitrogen and oxygen atoms in total. The van der Waals surface area contributed by atoms with E-state index in [1.807, 2.05) is 25.1 Å². The van der Waals surface area contributed by atoms with Gasteiger partial charge in [0.05, 0.1) is 12.4 Å². The van der Waals surface area contributed by atoms with Gasteiger partial charge in [-0.05, 0) is 36.5 Å². The molecule has 19 heavy (non-hydrogen) atoms. The first-order valence-corrected chi connectivity index (χ1v) is 8.48. The van der Waals surface area contributed by atoms with Crippen LogP contribution in [0.15, 0.2) is 18.2 Å². The van der Waals surface area contributed by atoms with Crippen molar-refractivity contribution in [2.75, 3.05) is 12.4 Å². The van der Waals surface area contributed by atoms with E-state index in [0.717, 1.165) is 37.2 Å². The van der Waals surface area contributed by atoms with E-state index in [-0.39, 0.29) is 5.75 Å². The van der Waals surface area contributed by atoms with Gasteiger partial charge in [-0.2, -0.15) is 0 Å². The van der Waals surface area contributed by atoms with E-state index in [0.29, 0.717) is 13.0 Å². The first-order chi connectivity index (χ1) is 9.11. The second-order valence-electron chi connectivity index (χ2n) is 4.89. The summed E-state index contributed by atoms with van der Waals surface area (Å²) in [7, 11) is -3.14. The third kappa shape index (κ3) is 4.21. The molecule has 0 saturated heterocycles. The Kier molecular flexibility index (Phi) is 4.82. The van der Waals surface area contributed by atoms with E-state index in [1.54, 1.807) is 0 Å². The number of nitrogens with one attached hydrogen (secondary N) is 1. The average Bonchev–Trinajstić information content (AvgIpc) is 2.43. The predicted molar refractivity (Wildman–Crippen MR) is 75.8 cm³/mol. The maximum Gasteiger partial charge on any atom is 0.211 e. The van der Waals surface area contributed by atoms with Crippen LogP contribution in [0.2, 0.25) is 0 Å². The number of hydrogen-bond donors (Lipinski definition) is 1. The molecule has 1 aliphatic rings. The molecule has 0 aliphatic carbocycles. The largest absolute Gasteiger partial charge is 0.493 e. The minimum absolute atomic E-state index is 0.206. The fourth-order valence-corrected chi connectivity index (χ4v) is 3.32. The van der Waals surface area contributed by atoms with E-state index in [1.165, 1.54) is 5.56 Å². The van der Waals surface area contributed by atoms with E-state index in [4.69, 9.17) is 4.74 Å². The summed E-state index contributed by atoms with van der Waals surface area (Å²) in [6.45, 7) is 3.12. The van der Waals surface area contributed by atoms with Crippen LogP contribution in [0.5, 0.6) is 5.75 Å². The summed E-state index contributed by atoms with van der Waals surface area (Å²) in [6.07, 6.45) is 3.62. The van der Waals surface area contributed by atoms with Crippen molar-refractivity contribution < 1.29 is 13.2 Å². The molecule has 0 spiro atoms. The Morgan fingerprint density at radius 2 is 2.21 bits per heavy atom. The Bertz CT molecular complexity index is 525. The molecule has 0 amide bonds. The summed E-state index contributed by atoms with van der Waals surface area (Å²) in [5.74, 6) is 1.14. The highest BCUT2D eigenvalue weighted by atomic mass is 32.2. The number of ether oxygens (including phenoxy) is 1. The molecule has 0 radical (unpaired) electrons. The van der Waals surface area contributed by atoms with Crippen LogP contribution in [0.3, 0.4) is 0 Å². The van der Waals surface area contributed by atoms with Crippen molar-refractivity contribution in [1.29, 1.82) is 0 Å². The summed E-state index contributed by atoms with van der Waals surface area (Å²) in [4.78, 5) is 0. The first kappa shape index (κ1) is 14.3. The van der Waals surface area contributed by atoms with E-state index >= 15 is 0 Å². The Hall–Kier alpha value is -1.07. The molecular formula is C14H21NO3S. The lowest BCUT2D eigenvalue weighted by Crippen LogP contribution is -2.26. The monoisotopic (exact) mass is 283 g/mol. The highest BCUT2D eigenvalue weighted by molar-refractivity contribution is 7.89. The van der Waals surface area contributed by atoms with E-state index in [9.17, 15) is 8.42 Å². The minimum atomic E-state index is -3.14. The zero-order valence-corrected chi connectivity index (χ0v) is 12.1. The smallest absolute Gasteiger partial charge is 0.211 e. The van der Waals surface area contributed by atoms with Crippen LogP contribution in [0.4, 0.5) is 0 Å². The lowest BCUT2D eigenvalue weighted by Gasteiger charge is -2.18. The topological polar surface area (TPSA) is 55.4 Å². The number of fused-ring (bicyclic) bond motifs is 1. The van der Waals surface area contributed by atoms with Crippen LogP contribution in [0.25, 0.3) is 0 Å². The summed E-state index contributed by atoms with van der Waals surface area (Å²) in [6, 6.07) is 5.90. The predicted octanol–water partition coefficient (Wildman–Crippen LogP) is 2.23. The number of unbranched alkanes of at least 4 members (excludes halogenated alkanes) is 1. The lowest BCUT2D eigenvalue weighted by atomic mass is 10.0. The third-order valence-corrected chi connectivity index (χ3v) is 4.65. The van der Waals surface area contributed by atoms with Crippen molar-refractivity contribution in [2.24, 2.45) is 0 Å². The Labute approximate surface area is 115 Å². The molecule has 0 unspecified atom stereocenters. The van der Waals surface area contributed by atoms with Gasteiger partial charge in [0.1, 0.15) is 5.75 Å². The summed E-state index contributed by atoms with van der Waals surface area (Å²) in [5.41, 5.74) is 2.17. The van der Waals surface area contributed by atoms with Crippen LogP contribution >= 0.6 is 0 Å². The normalized spacial score (nSPS) is 14.8. The molecule has 5 heteroatoms. The molecule has 1 N–H and O–H groups in total. The van der Waals surface area contributed by atoms with Gasteiger partial charge in [0.15, 0.2) is 0 Å². The zero-order valence-electron chi connectivity index (χ0n) is 11.3. The fourth-order valence-electron chi connectivity index (χ4n) is 2.12. The molecule has 0 aromatic heterocycles. The molecule has 1 aromatic rings. The molecule has 0 saturated carbocycles. The highest BCUT2D eigenvalue weighted by Gasteiger charge is 2.12. The van der Waals surface area contributed by atoms with E-state index < -0.39 is 10.0 Å². The van der Waals surface area contributed by atoms with Crippen LogP contribution in [-0.4, -0.2) is 20.8 Å². The van der Waals surface area contributed by atoms with Crippen molar-refractivity contribution in [3.05, 3.63) is 29.3 Å². The molecular weight excluding hydrogens is 262 g/mol. The number of sulfonamides is 1. The summed E-state index contributed by atoms with van der Waals surface area (Å²) >= 11 is 0. The van der Waals surface area contributed by atoms with Crippen LogP contribution in [0, 0.1) is 0 Å². The quantitative estimate of drug-likeness (QED) is 0.871. The second-order valence-corrected chi connectivity index (χ2v) is 6.81. The van der Waals surface area contributed by atoms with Gasteiger partial charge in [0.2, 0.25) is 10.0 Å². The maximum atomic E-state index is 11.7. The Balaban J connectivity index is 1.96. The van der Waals surface area contributed by atoms with Crippen LogP contribution < -0.4 is 9.46 Å². The van der Waals surface area contributed by atoms with Crippen molar-refractivity contribution in [2.45, 2.75) is 39.2 Å². The van der Waals surface area contributed by atoms with Gasteiger partial charge in [-0.25, -0.2) is 13.1 Å². The lowest BCUT2D eigenvalue weighted by molar-refractivity contribution is 0.288. The molecule has 1 aliphatic heterocycles. The van der Waals surface area contributed by atoms with Gasteiger partial charge in [-0.1, -0.05) is 25.5 Å². The number of aryl methyl sites for hydroxylation is 1. The van der Waals surface area contributed by atoms with E-state index in [2.05, 4.69) is 4.72 Å². The molecule has 0 atom stereocenters. The summed E-state index contributed by atoms with van der Waals surface area (Å²) < 4.78 is 31.6. The molecule has 1 heterocycles. The SMILES string of the molecule is CCCCS(=O)(=O)NCc1ccc2c(c1)CCCO2.